The first-order chi connectivity index (χ1) is 10.1. The summed E-state index contributed by atoms with van der Waals surface area (Å²) in [6.45, 7) is 4.67. The Morgan fingerprint density at radius 2 is 2.05 bits per heavy atom. The number of benzene rings is 1. The van der Waals surface area contributed by atoms with Crippen molar-refractivity contribution in [2.24, 2.45) is 0 Å². The second kappa shape index (κ2) is 5.09. The first-order valence-corrected chi connectivity index (χ1v) is 6.67. The second-order valence-corrected chi connectivity index (χ2v) is 5.06. The van der Waals surface area contributed by atoms with Crippen molar-refractivity contribution in [3.8, 4) is 0 Å². The molecule has 1 aromatic carbocycles. The van der Waals surface area contributed by atoms with E-state index in [2.05, 4.69) is 35.7 Å². The number of imidazole rings is 1. The third-order valence-electron chi connectivity index (χ3n) is 3.61. The highest BCUT2D eigenvalue weighted by molar-refractivity contribution is 5.86. The predicted octanol–water partition coefficient (Wildman–Crippen LogP) is 3.08. The molecule has 0 aliphatic carbocycles. The van der Waals surface area contributed by atoms with Gasteiger partial charge >= 0.3 is 5.97 Å². The van der Waals surface area contributed by atoms with E-state index in [1.165, 1.54) is 18.2 Å². The zero-order valence-corrected chi connectivity index (χ0v) is 12.2. The standard InChI is InChI=1S/C16H16N2O3/c1-10-6-13-14(7-11(10)2)18(9-17-13)8-12-4-5-15(21-12)16(19)20-3/h4-7,9H,8H2,1-3H3. The van der Waals surface area contributed by atoms with E-state index in [1.807, 2.05) is 4.57 Å². The highest BCUT2D eigenvalue weighted by atomic mass is 16.5. The average molecular weight is 284 g/mol. The van der Waals surface area contributed by atoms with Crippen LogP contribution in [0.25, 0.3) is 11.0 Å². The van der Waals surface area contributed by atoms with Gasteiger partial charge < -0.3 is 13.7 Å². The molecular formula is C16H16N2O3. The lowest BCUT2D eigenvalue weighted by atomic mass is 10.1. The van der Waals surface area contributed by atoms with Crippen LogP contribution in [0.4, 0.5) is 0 Å². The molecule has 3 rings (SSSR count). The number of fused-ring (bicyclic) bond motifs is 1. The number of carbonyl (C=O) groups is 1. The Kier molecular flexibility index (Phi) is 3.25. The van der Waals surface area contributed by atoms with E-state index in [1.54, 1.807) is 18.5 Å². The summed E-state index contributed by atoms with van der Waals surface area (Å²) in [6, 6.07) is 7.58. The fraction of sp³-hybridized carbons (Fsp3) is 0.250. The van der Waals surface area contributed by atoms with Gasteiger partial charge in [0, 0.05) is 0 Å². The lowest BCUT2D eigenvalue weighted by Crippen LogP contribution is -1.99. The SMILES string of the molecule is COC(=O)c1ccc(Cn2cnc3cc(C)c(C)cc32)o1. The van der Waals surface area contributed by atoms with E-state index in [4.69, 9.17) is 4.42 Å². The van der Waals surface area contributed by atoms with Crippen molar-refractivity contribution in [1.29, 1.82) is 0 Å². The van der Waals surface area contributed by atoms with E-state index < -0.39 is 5.97 Å². The predicted molar refractivity (Wildman–Crippen MR) is 78.4 cm³/mol. The minimum atomic E-state index is -0.469. The third kappa shape index (κ3) is 2.42. The number of methoxy groups -OCH3 is 1. The molecule has 0 aliphatic rings. The number of nitrogens with zero attached hydrogens (tertiary/aromatic N) is 2. The molecule has 21 heavy (non-hydrogen) atoms. The number of ether oxygens (including phenoxy) is 1. The minimum Gasteiger partial charge on any atom is -0.463 e. The van der Waals surface area contributed by atoms with Crippen molar-refractivity contribution in [3.63, 3.8) is 0 Å². The van der Waals surface area contributed by atoms with Gasteiger partial charge in [0.1, 0.15) is 5.76 Å². The Morgan fingerprint density at radius 1 is 1.29 bits per heavy atom. The van der Waals surface area contributed by atoms with Crippen molar-refractivity contribution in [2.45, 2.75) is 20.4 Å². The Labute approximate surface area is 122 Å². The van der Waals surface area contributed by atoms with Crippen LogP contribution < -0.4 is 0 Å². The minimum absolute atomic E-state index is 0.212. The molecule has 0 unspecified atom stereocenters. The molecule has 5 heteroatoms. The third-order valence-corrected chi connectivity index (χ3v) is 3.61. The highest BCUT2D eigenvalue weighted by Crippen LogP contribution is 2.20. The van der Waals surface area contributed by atoms with Gasteiger partial charge in [-0.15, -0.1) is 0 Å². The number of hydrogen-bond acceptors (Lipinski definition) is 4. The van der Waals surface area contributed by atoms with Crippen molar-refractivity contribution in [3.05, 3.63) is 53.2 Å². The van der Waals surface area contributed by atoms with Crippen LogP contribution in [0.2, 0.25) is 0 Å². The fourth-order valence-electron chi connectivity index (χ4n) is 2.28. The van der Waals surface area contributed by atoms with Crippen molar-refractivity contribution in [1.82, 2.24) is 9.55 Å². The van der Waals surface area contributed by atoms with Crippen molar-refractivity contribution in [2.75, 3.05) is 7.11 Å². The number of carbonyl (C=O) groups excluding carboxylic acids is 1. The zero-order valence-electron chi connectivity index (χ0n) is 12.2. The molecule has 0 atom stereocenters. The maximum absolute atomic E-state index is 11.4. The number of aryl methyl sites for hydroxylation is 2. The van der Waals surface area contributed by atoms with E-state index in [0.29, 0.717) is 12.3 Å². The number of hydrogen-bond donors (Lipinski definition) is 0. The fourth-order valence-corrected chi connectivity index (χ4v) is 2.28. The first kappa shape index (κ1) is 13.4. The second-order valence-electron chi connectivity index (χ2n) is 5.06. The maximum atomic E-state index is 11.4. The molecule has 0 aliphatic heterocycles. The monoisotopic (exact) mass is 284 g/mol. The van der Waals surface area contributed by atoms with Gasteiger partial charge in [0.05, 0.1) is 31.0 Å². The Hall–Kier alpha value is -2.56. The van der Waals surface area contributed by atoms with E-state index in [-0.39, 0.29) is 5.76 Å². The lowest BCUT2D eigenvalue weighted by Gasteiger charge is -2.04. The molecule has 0 radical (unpaired) electrons. The van der Waals surface area contributed by atoms with Gasteiger partial charge in [0.25, 0.3) is 0 Å². The van der Waals surface area contributed by atoms with Crippen LogP contribution in [0, 0.1) is 13.8 Å². The summed E-state index contributed by atoms with van der Waals surface area (Å²) in [6.07, 6.45) is 1.78. The van der Waals surface area contributed by atoms with Gasteiger partial charge in [0.15, 0.2) is 0 Å². The van der Waals surface area contributed by atoms with Crippen LogP contribution in [0.5, 0.6) is 0 Å². The van der Waals surface area contributed by atoms with Crippen molar-refractivity contribution >= 4 is 17.0 Å². The van der Waals surface area contributed by atoms with Crippen LogP contribution in [0.3, 0.4) is 0 Å². The molecule has 0 amide bonds. The molecule has 0 bridgehead atoms. The van der Waals surface area contributed by atoms with E-state index in [9.17, 15) is 4.79 Å². The van der Waals surface area contributed by atoms with Crippen LogP contribution >= 0.6 is 0 Å². The van der Waals surface area contributed by atoms with Gasteiger partial charge in [-0.25, -0.2) is 9.78 Å². The number of aromatic nitrogens is 2. The Bertz CT molecular complexity index is 814. The summed E-state index contributed by atoms with van der Waals surface area (Å²) in [7, 11) is 1.33. The van der Waals surface area contributed by atoms with Crippen molar-refractivity contribution < 1.29 is 13.9 Å². The molecule has 2 heterocycles. The lowest BCUT2D eigenvalue weighted by molar-refractivity contribution is 0.0563. The zero-order chi connectivity index (χ0) is 15.0. The molecule has 5 nitrogen and oxygen atoms in total. The first-order valence-electron chi connectivity index (χ1n) is 6.67. The molecule has 0 spiro atoms. The Morgan fingerprint density at radius 3 is 2.81 bits per heavy atom. The summed E-state index contributed by atoms with van der Waals surface area (Å²) >= 11 is 0. The molecular weight excluding hydrogens is 268 g/mol. The average Bonchev–Trinajstić information content (AvgIpc) is 3.08. The molecule has 108 valence electrons. The normalized spacial score (nSPS) is 11.0. The van der Waals surface area contributed by atoms with Gasteiger partial charge in [-0.1, -0.05) is 0 Å². The summed E-state index contributed by atoms with van der Waals surface area (Å²) in [5.74, 6) is 0.431. The highest BCUT2D eigenvalue weighted by Gasteiger charge is 2.12. The molecule has 0 saturated carbocycles. The summed E-state index contributed by atoms with van der Waals surface area (Å²) in [5.41, 5.74) is 4.45. The van der Waals surface area contributed by atoms with Gasteiger partial charge in [-0.3, -0.25) is 0 Å². The summed E-state index contributed by atoms with van der Waals surface area (Å²) in [4.78, 5) is 15.8. The molecule has 0 fully saturated rings. The molecule has 0 saturated heterocycles. The number of furan rings is 1. The largest absolute Gasteiger partial charge is 0.463 e. The topological polar surface area (TPSA) is 57.3 Å². The number of esters is 1. The Balaban J connectivity index is 1.93. The summed E-state index contributed by atoms with van der Waals surface area (Å²) in [5, 5.41) is 0. The number of rotatable bonds is 3. The van der Waals surface area contributed by atoms with Gasteiger partial charge in [-0.05, 0) is 49.2 Å². The van der Waals surface area contributed by atoms with Crippen LogP contribution in [-0.4, -0.2) is 22.6 Å². The van der Waals surface area contributed by atoms with E-state index in [0.717, 1.165) is 11.0 Å². The van der Waals surface area contributed by atoms with Crippen LogP contribution in [0.1, 0.15) is 27.4 Å². The molecule has 3 aromatic rings. The van der Waals surface area contributed by atoms with Gasteiger partial charge in [0.2, 0.25) is 5.76 Å². The summed E-state index contributed by atoms with van der Waals surface area (Å²) < 4.78 is 12.1. The maximum Gasteiger partial charge on any atom is 0.373 e. The van der Waals surface area contributed by atoms with Gasteiger partial charge in [-0.2, -0.15) is 0 Å². The smallest absolute Gasteiger partial charge is 0.373 e. The van der Waals surface area contributed by atoms with Crippen LogP contribution in [0.15, 0.2) is 35.0 Å². The molecule has 0 N–H and O–H groups in total. The van der Waals surface area contributed by atoms with Crippen LogP contribution in [-0.2, 0) is 11.3 Å². The quantitative estimate of drug-likeness (QED) is 0.693. The molecule has 2 aromatic heterocycles. The van der Waals surface area contributed by atoms with E-state index >= 15 is 0 Å².